The Morgan fingerprint density at radius 2 is 2.14 bits per heavy atom. The van der Waals surface area contributed by atoms with Gasteiger partial charge in [0.25, 0.3) is 0 Å². The van der Waals surface area contributed by atoms with Gasteiger partial charge >= 0.3 is 0 Å². The van der Waals surface area contributed by atoms with E-state index in [1.54, 1.807) is 0 Å². The smallest absolute Gasteiger partial charge is 0.0650 e. The van der Waals surface area contributed by atoms with Gasteiger partial charge < -0.3 is 9.47 Å². The summed E-state index contributed by atoms with van der Waals surface area (Å²) in [6, 6.07) is 0. The van der Waals surface area contributed by atoms with E-state index in [2.05, 4.69) is 20.8 Å². The molecule has 0 bridgehead atoms. The minimum absolute atomic E-state index is 0.157. The molecule has 1 aliphatic rings. The molecule has 2 nitrogen and oxygen atoms in total. The summed E-state index contributed by atoms with van der Waals surface area (Å²) < 4.78 is 11.3. The standard InChI is InChI=1S/C12H24O2/c1-5-13-9-12(3,4)11-8-10(2)6-7-14-11/h10-11H,5-9H2,1-4H3. The van der Waals surface area contributed by atoms with Crippen LogP contribution in [0, 0.1) is 11.3 Å². The molecule has 0 N–H and O–H groups in total. The zero-order valence-electron chi connectivity index (χ0n) is 10.0. The highest BCUT2D eigenvalue weighted by Gasteiger charge is 2.33. The Morgan fingerprint density at radius 3 is 2.71 bits per heavy atom. The zero-order valence-corrected chi connectivity index (χ0v) is 10.0. The van der Waals surface area contributed by atoms with Crippen molar-refractivity contribution >= 4 is 0 Å². The van der Waals surface area contributed by atoms with Crippen LogP contribution in [0.5, 0.6) is 0 Å². The molecule has 0 amide bonds. The van der Waals surface area contributed by atoms with Gasteiger partial charge in [-0.05, 0) is 25.7 Å². The summed E-state index contributed by atoms with van der Waals surface area (Å²) >= 11 is 0. The van der Waals surface area contributed by atoms with Crippen molar-refractivity contribution in [2.24, 2.45) is 11.3 Å². The summed E-state index contributed by atoms with van der Waals surface area (Å²) in [4.78, 5) is 0. The third-order valence-corrected chi connectivity index (χ3v) is 3.10. The lowest BCUT2D eigenvalue weighted by atomic mass is 9.80. The van der Waals surface area contributed by atoms with Crippen molar-refractivity contribution in [1.82, 2.24) is 0 Å². The lowest BCUT2D eigenvalue weighted by Crippen LogP contribution is -2.40. The topological polar surface area (TPSA) is 18.5 Å². The van der Waals surface area contributed by atoms with Crippen LogP contribution >= 0.6 is 0 Å². The van der Waals surface area contributed by atoms with Gasteiger partial charge in [-0.25, -0.2) is 0 Å². The van der Waals surface area contributed by atoms with Crippen molar-refractivity contribution in [1.29, 1.82) is 0 Å². The highest BCUT2D eigenvalue weighted by Crippen LogP contribution is 2.32. The van der Waals surface area contributed by atoms with Gasteiger partial charge in [-0.2, -0.15) is 0 Å². The lowest BCUT2D eigenvalue weighted by Gasteiger charge is -2.38. The van der Waals surface area contributed by atoms with E-state index in [1.807, 2.05) is 6.92 Å². The molecule has 0 spiro atoms. The van der Waals surface area contributed by atoms with Crippen molar-refractivity contribution in [3.63, 3.8) is 0 Å². The van der Waals surface area contributed by atoms with E-state index in [1.165, 1.54) is 12.8 Å². The first-order chi connectivity index (χ1) is 6.56. The summed E-state index contributed by atoms with van der Waals surface area (Å²) in [7, 11) is 0. The molecule has 0 radical (unpaired) electrons. The van der Waals surface area contributed by atoms with E-state index in [4.69, 9.17) is 9.47 Å². The van der Waals surface area contributed by atoms with Crippen LogP contribution in [-0.4, -0.2) is 25.9 Å². The normalized spacial score (nSPS) is 29.1. The van der Waals surface area contributed by atoms with Gasteiger partial charge in [0.1, 0.15) is 0 Å². The van der Waals surface area contributed by atoms with Crippen LogP contribution in [0.2, 0.25) is 0 Å². The Bertz CT molecular complexity index is 166. The van der Waals surface area contributed by atoms with Crippen LogP contribution in [0.1, 0.15) is 40.5 Å². The van der Waals surface area contributed by atoms with Crippen LogP contribution in [0.25, 0.3) is 0 Å². The van der Waals surface area contributed by atoms with E-state index >= 15 is 0 Å². The summed E-state index contributed by atoms with van der Waals surface area (Å²) in [6.07, 6.45) is 2.76. The third-order valence-electron chi connectivity index (χ3n) is 3.10. The molecule has 0 aromatic rings. The van der Waals surface area contributed by atoms with Crippen molar-refractivity contribution < 1.29 is 9.47 Å². The van der Waals surface area contributed by atoms with Crippen molar-refractivity contribution in [2.75, 3.05) is 19.8 Å². The molecule has 0 saturated carbocycles. The molecule has 2 unspecified atom stereocenters. The van der Waals surface area contributed by atoms with Crippen molar-refractivity contribution in [3.05, 3.63) is 0 Å². The second-order valence-electron chi connectivity index (χ2n) is 5.11. The number of hydrogen-bond acceptors (Lipinski definition) is 2. The number of hydrogen-bond donors (Lipinski definition) is 0. The maximum atomic E-state index is 5.83. The fourth-order valence-corrected chi connectivity index (χ4v) is 1.97. The average molecular weight is 200 g/mol. The van der Waals surface area contributed by atoms with Crippen molar-refractivity contribution in [2.45, 2.75) is 46.6 Å². The first kappa shape index (κ1) is 12.0. The highest BCUT2D eigenvalue weighted by molar-refractivity contribution is 4.83. The second kappa shape index (κ2) is 5.13. The molecule has 1 fully saturated rings. The van der Waals surface area contributed by atoms with Gasteiger partial charge in [-0.3, -0.25) is 0 Å². The summed E-state index contributed by atoms with van der Waals surface area (Å²) in [6.45, 7) is 11.4. The number of rotatable bonds is 4. The first-order valence-electron chi connectivity index (χ1n) is 5.75. The van der Waals surface area contributed by atoms with Gasteiger partial charge in [0.05, 0.1) is 12.7 Å². The number of ether oxygens (including phenoxy) is 2. The fraction of sp³-hybridized carbons (Fsp3) is 1.00. The van der Waals surface area contributed by atoms with Crippen LogP contribution in [0.4, 0.5) is 0 Å². The molecule has 1 heterocycles. The molecule has 0 aromatic heterocycles. The van der Waals surface area contributed by atoms with Gasteiger partial charge in [0.2, 0.25) is 0 Å². The van der Waals surface area contributed by atoms with E-state index in [-0.39, 0.29) is 5.41 Å². The monoisotopic (exact) mass is 200 g/mol. The maximum absolute atomic E-state index is 5.83. The molecule has 0 aromatic carbocycles. The highest BCUT2D eigenvalue weighted by atomic mass is 16.5. The largest absolute Gasteiger partial charge is 0.381 e. The molecule has 1 rings (SSSR count). The van der Waals surface area contributed by atoms with E-state index in [9.17, 15) is 0 Å². The molecule has 0 aliphatic carbocycles. The van der Waals surface area contributed by atoms with E-state index < -0.39 is 0 Å². The van der Waals surface area contributed by atoms with Crippen LogP contribution in [0.15, 0.2) is 0 Å². The van der Waals surface area contributed by atoms with E-state index in [0.717, 1.165) is 25.7 Å². The summed E-state index contributed by atoms with van der Waals surface area (Å²) in [5.41, 5.74) is 0.157. The second-order valence-corrected chi connectivity index (χ2v) is 5.11. The molecule has 1 aliphatic heterocycles. The summed E-state index contributed by atoms with van der Waals surface area (Å²) in [5, 5.41) is 0. The Balaban J connectivity index is 2.43. The fourth-order valence-electron chi connectivity index (χ4n) is 1.97. The minimum Gasteiger partial charge on any atom is -0.381 e. The Kier molecular flexibility index (Phi) is 4.39. The third kappa shape index (κ3) is 3.25. The predicted molar refractivity (Wildman–Crippen MR) is 58.4 cm³/mol. The zero-order chi connectivity index (χ0) is 10.6. The Hall–Kier alpha value is -0.0800. The van der Waals surface area contributed by atoms with Gasteiger partial charge in [-0.15, -0.1) is 0 Å². The van der Waals surface area contributed by atoms with Crippen LogP contribution < -0.4 is 0 Å². The van der Waals surface area contributed by atoms with Crippen LogP contribution in [-0.2, 0) is 9.47 Å². The van der Waals surface area contributed by atoms with Crippen LogP contribution in [0.3, 0.4) is 0 Å². The average Bonchev–Trinajstić information content (AvgIpc) is 2.15. The molecule has 2 atom stereocenters. The molecule has 84 valence electrons. The Morgan fingerprint density at radius 1 is 1.43 bits per heavy atom. The molecule has 14 heavy (non-hydrogen) atoms. The summed E-state index contributed by atoms with van der Waals surface area (Å²) in [5.74, 6) is 0.801. The van der Waals surface area contributed by atoms with Gasteiger partial charge in [0, 0.05) is 18.6 Å². The minimum atomic E-state index is 0.157. The van der Waals surface area contributed by atoms with Gasteiger partial charge in [-0.1, -0.05) is 20.8 Å². The SMILES string of the molecule is CCOCC(C)(C)C1CC(C)CCO1. The quantitative estimate of drug-likeness (QED) is 0.694. The maximum Gasteiger partial charge on any atom is 0.0650 e. The molecule has 2 heteroatoms. The predicted octanol–water partition coefficient (Wildman–Crippen LogP) is 2.86. The van der Waals surface area contributed by atoms with Crippen molar-refractivity contribution in [3.8, 4) is 0 Å². The Labute approximate surface area is 88.0 Å². The lowest BCUT2D eigenvalue weighted by molar-refractivity contribution is -0.0965. The molecular weight excluding hydrogens is 176 g/mol. The first-order valence-corrected chi connectivity index (χ1v) is 5.75. The molecular formula is C12H24O2. The van der Waals surface area contributed by atoms with Gasteiger partial charge in [0.15, 0.2) is 0 Å². The van der Waals surface area contributed by atoms with E-state index in [0.29, 0.717) is 6.10 Å². The molecule has 1 saturated heterocycles.